The van der Waals surface area contributed by atoms with Crippen LogP contribution >= 0.6 is 15.9 Å². The maximum Gasteiger partial charge on any atom is 0.251 e. The molecule has 0 aliphatic carbocycles. The lowest BCUT2D eigenvalue weighted by Crippen LogP contribution is -2.45. The molecule has 0 saturated carbocycles. The van der Waals surface area contributed by atoms with Crippen molar-refractivity contribution in [3.05, 3.63) is 35.4 Å². The molecule has 1 aromatic carbocycles. The van der Waals surface area contributed by atoms with E-state index in [1.54, 1.807) is 0 Å². The van der Waals surface area contributed by atoms with E-state index in [0.29, 0.717) is 0 Å². The smallest absolute Gasteiger partial charge is 0.251 e. The van der Waals surface area contributed by atoms with E-state index in [1.165, 1.54) is 5.56 Å². The van der Waals surface area contributed by atoms with Crippen LogP contribution in [0.4, 0.5) is 0 Å². The molecule has 0 bridgehead atoms. The van der Waals surface area contributed by atoms with Gasteiger partial charge in [-0.1, -0.05) is 55.8 Å². The third kappa shape index (κ3) is 4.62. The summed E-state index contributed by atoms with van der Waals surface area (Å²) >= 11 is 3.45. The Morgan fingerprint density at radius 1 is 1.15 bits per heavy atom. The Kier molecular flexibility index (Phi) is 5.81. The van der Waals surface area contributed by atoms with Crippen LogP contribution in [0.2, 0.25) is 0 Å². The van der Waals surface area contributed by atoms with Crippen LogP contribution in [0.25, 0.3) is 0 Å². The molecule has 3 heteroatoms. The largest absolute Gasteiger partial charge is 0.347 e. The molecule has 1 rings (SSSR count). The molecule has 1 amide bonds. The highest BCUT2D eigenvalue weighted by Crippen LogP contribution is 2.22. The quantitative estimate of drug-likeness (QED) is 0.776. The number of amides is 1. The highest BCUT2D eigenvalue weighted by Gasteiger charge is 2.24. The predicted octanol–water partition coefficient (Wildman–Crippen LogP) is 4.67. The lowest BCUT2D eigenvalue weighted by atomic mass is 9.86. The number of nitrogens with one attached hydrogen (secondary N) is 1. The summed E-state index contributed by atoms with van der Waals surface area (Å²) in [5.41, 5.74) is 1.94. The zero-order valence-corrected chi connectivity index (χ0v) is 14.8. The molecule has 0 fully saturated rings. The van der Waals surface area contributed by atoms with Gasteiger partial charge in [0.25, 0.3) is 5.91 Å². The minimum absolute atomic E-state index is 0.00996. The van der Waals surface area contributed by atoms with Crippen molar-refractivity contribution in [2.75, 3.05) is 5.33 Å². The Morgan fingerprint density at radius 3 is 2.10 bits per heavy atom. The fourth-order valence-corrected chi connectivity index (χ4v) is 2.88. The number of benzene rings is 1. The van der Waals surface area contributed by atoms with Crippen molar-refractivity contribution in [2.45, 2.75) is 58.4 Å². The predicted molar refractivity (Wildman–Crippen MR) is 89.7 cm³/mol. The average Bonchev–Trinajstić information content (AvgIpc) is 2.38. The number of hydrogen-bond acceptors (Lipinski definition) is 1. The van der Waals surface area contributed by atoms with Crippen LogP contribution in [0, 0.1) is 0 Å². The molecule has 0 spiro atoms. The Labute approximate surface area is 131 Å². The highest BCUT2D eigenvalue weighted by molar-refractivity contribution is 9.09. The molecule has 2 nitrogen and oxygen atoms in total. The molecule has 1 unspecified atom stereocenters. The lowest BCUT2D eigenvalue weighted by molar-refractivity contribution is 0.0902. The van der Waals surface area contributed by atoms with E-state index >= 15 is 0 Å². The molecule has 0 aliphatic rings. The van der Waals surface area contributed by atoms with E-state index in [4.69, 9.17) is 0 Å². The van der Waals surface area contributed by atoms with E-state index in [0.717, 1.165) is 23.7 Å². The molecule has 0 saturated heterocycles. The topological polar surface area (TPSA) is 29.1 Å². The third-order valence-corrected chi connectivity index (χ3v) is 4.25. The van der Waals surface area contributed by atoms with Crippen molar-refractivity contribution in [3.8, 4) is 0 Å². The SMILES string of the molecule is CCC(C)(CCBr)NC(=O)c1ccc(C(C)(C)C)cc1. The maximum atomic E-state index is 12.3. The van der Waals surface area contributed by atoms with Crippen molar-refractivity contribution in [1.82, 2.24) is 5.32 Å². The van der Waals surface area contributed by atoms with Gasteiger partial charge in [-0.05, 0) is 42.9 Å². The zero-order valence-electron chi connectivity index (χ0n) is 13.2. The molecule has 1 N–H and O–H groups in total. The lowest BCUT2D eigenvalue weighted by Gasteiger charge is -2.29. The van der Waals surface area contributed by atoms with Gasteiger partial charge in [-0.3, -0.25) is 4.79 Å². The second-order valence-corrected chi connectivity index (χ2v) is 7.43. The normalized spacial score (nSPS) is 14.7. The first-order chi connectivity index (χ1) is 9.22. The standard InChI is InChI=1S/C17H26BrNO/c1-6-17(5,11-12-18)19-15(20)13-7-9-14(10-8-13)16(2,3)4/h7-10H,6,11-12H2,1-5H3,(H,19,20). The van der Waals surface area contributed by atoms with Crippen LogP contribution < -0.4 is 5.32 Å². The fraction of sp³-hybridized carbons (Fsp3) is 0.588. The Balaban J connectivity index is 2.83. The van der Waals surface area contributed by atoms with Crippen LogP contribution in [0.5, 0.6) is 0 Å². The zero-order chi connectivity index (χ0) is 15.4. The number of alkyl halides is 1. The minimum Gasteiger partial charge on any atom is -0.347 e. The van der Waals surface area contributed by atoms with E-state index in [1.807, 2.05) is 24.3 Å². The van der Waals surface area contributed by atoms with E-state index < -0.39 is 0 Å². The molecule has 112 valence electrons. The monoisotopic (exact) mass is 339 g/mol. The van der Waals surface area contributed by atoms with Gasteiger partial charge in [0.2, 0.25) is 0 Å². The van der Waals surface area contributed by atoms with Crippen LogP contribution in [-0.2, 0) is 5.41 Å². The Bertz CT molecular complexity index is 447. The molecular formula is C17H26BrNO. The van der Waals surface area contributed by atoms with E-state index in [9.17, 15) is 4.79 Å². The summed E-state index contributed by atoms with van der Waals surface area (Å²) < 4.78 is 0. The van der Waals surface area contributed by atoms with Crippen LogP contribution in [0.15, 0.2) is 24.3 Å². The Hall–Kier alpha value is -0.830. The van der Waals surface area contributed by atoms with Gasteiger partial charge in [-0.2, -0.15) is 0 Å². The second kappa shape index (κ2) is 6.75. The molecule has 20 heavy (non-hydrogen) atoms. The number of rotatable bonds is 5. The van der Waals surface area contributed by atoms with E-state index in [2.05, 4.69) is 55.9 Å². The van der Waals surface area contributed by atoms with Gasteiger partial charge >= 0.3 is 0 Å². The van der Waals surface area contributed by atoms with Gasteiger partial charge in [-0.15, -0.1) is 0 Å². The highest BCUT2D eigenvalue weighted by atomic mass is 79.9. The first-order valence-electron chi connectivity index (χ1n) is 7.21. The first kappa shape index (κ1) is 17.2. The van der Waals surface area contributed by atoms with Gasteiger partial charge in [0, 0.05) is 16.4 Å². The molecule has 0 aromatic heterocycles. The van der Waals surface area contributed by atoms with Gasteiger partial charge in [0.05, 0.1) is 0 Å². The minimum atomic E-state index is -0.150. The van der Waals surface area contributed by atoms with Gasteiger partial charge in [0.15, 0.2) is 0 Å². The van der Waals surface area contributed by atoms with Crippen molar-refractivity contribution in [3.63, 3.8) is 0 Å². The summed E-state index contributed by atoms with van der Waals surface area (Å²) in [6.07, 6.45) is 1.85. The van der Waals surface area contributed by atoms with Crippen LogP contribution in [0.1, 0.15) is 63.4 Å². The molecule has 0 aliphatic heterocycles. The summed E-state index contributed by atoms with van der Waals surface area (Å²) in [5, 5.41) is 4.04. The summed E-state index contributed by atoms with van der Waals surface area (Å²) in [7, 11) is 0. The summed E-state index contributed by atoms with van der Waals surface area (Å²) in [6, 6.07) is 7.92. The van der Waals surface area contributed by atoms with Gasteiger partial charge in [0.1, 0.15) is 0 Å². The van der Waals surface area contributed by atoms with Crippen molar-refractivity contribution >= 4 is 21.8 Å². The number of carbonyl (C=O) groups is 1. The number of halogens is 1. The number of carbonyl (C=O) groups excluding carboxylic acids is 1. The summed E-state index contributed by atoms with van der Waals surface area (Å²) in [5.74, 6) is 0.00996. The van der Waals surface area contributed by atoms with Crippen LogP contribution in [-0.4, -0.2) is 16.8 Å². The molecule has 1 atom stereocenters. The second-order valence-electron chi connectivity index (χ2n) is 6.63. The maximum absolute atomic E-state index is 12.3. The molecule has 0 heterocycles. The average molecular weight is 340 g/mol. The van der Waals surface area contributed by atoms with Gasteiger partial charge in [-0.25, -0.2) is 0 Å². The molecule has 1 aromatic rings. The van der Waals surface area contributed by atoms with Crippen LogP contribution in [0.3, 0.4) is 0 Å². The molecule has 0 radical (unpaired) electrons. The first-order valence-corrected chi connectivity index (χ1v) is 8.33. The summed E-state index contributed by atoms with van der Waals surface area (Å²) in [6.45, 7) is 10.7. The van der Waals surface area contributed by atoms with Gasteiger partial charge < -0.3 is 5.32 Å². The van der Waals surface area contributed by atoms with Crippen molar-refractivity contribution < 1.29 is 4.79 Å². The molecular weight excluding hydrogens is 314 g/mol. The summed E-state index contributed by atoms with van der Waals surface area (Å²) in [4.78, 5) is 12.3. The van der Waals surface area contributed by atoms with Crippen molar-refractivity contribution in [2.24, 2.45) is 0 Å². The number of hydrogen-bond donors (Lipinski definition) is 1. The Morgan fingerprint density at radius 2 is 1.70 bits per heavy atom. The fourth-order valence-electron chi connectivity index (χ4n) is 2.00. The van der Waals surface area contributed by atoms with E-state index in [-0.39, 0.29) is 16.9 Å². The van der Waals surface area contributed by atoms with Crippen molar-refractivity contribution in [1.29, 1.82) is 0 Å². The third-order valence-electron chi connectivity index (χ3n) is 3.86.